The number of hydrogen-bond donors (Lipinski definition) is 1. The smallest absolute Gasteiger partial charge is 0.375 e. The minimum atomic E-state index is -1.57. The average molecular weight is 497 g/mol. The summed E-state index contributed by atoms with van der Waals surface area (Å²) in [6.07, 6.45) is 8.40. The van der Waals surface area contributed by atoms with Gasteiger partial charge in [0.2, 0.25) is 11.5 Å². The minimum absolute atomic E-state index is 0.0130. The topological polar surface area (TPSA) is 120 Å². The van der Waals surface area contributed by atoms with Crippen LogP contribution in [0.4, 0.5) is 0 Å². The Hall–Kier alpha value is -3.00. The van der Waals surface area contributed by atoms with E-state index >= 15 is 0 Å². The molecule has 6 unspecified atom stereocenters. The molecule has 0 spiro atoms. The van der Waals surface area contributed by atoms with Gasteiger partial charge in [-0.15, -0.1) is 0 Å². The monoisotopic (exact) mass is 496 g/mol. The molecule has 36 heavy (non-hydrogen) atoms. The van der Waals surface area contributed by atoms with Crippen LogP contribution in [0, 0.1) is 28.6 Å². The van der Waals surface area contributed by atoms with Gasteiger partial charge in [-0.2, -0.15) is 0 Å². The van der Waals surface area contributed by atoms with E-state index in [4.69, 9.17) is 13.9 Å². The van der Waals surface area contributed by atoms with E-state index in [1.165, 1.54) is 19.3 Å². The first kappa shape index (κ1) is 24.7. The van der Waals surface area contributed by atoms with Crippen LogP contribution in [-0.2, 0) is 23.9 Å². The summed E-state index contributed by atoms with van der Waals surface area (Å²) in [5, 5.41) is 11.6. The number of carbonyl (C=O) groups excluding carboxylic acids is 4. The lowest BCUT2D eigenvalue weighted by molar-refractivity contribution is -0.182. The standard InChI is InChI=1S/C28H32O8/c1-16(29)35-15-23(32)28(36-25(33)22-5-4-12-34-22)11-9-20-19-7-6-17-13-18(30)8-10-26(17,2)24(19)21(31)14-27(20,28)3/h4-5,8,10,12-13,19-21,24,31H,6-7,9,11,14-15H2,1-3H3/t19?,20?,21?,24?,26?,27?,28-/m0/s1. The van der Waals surface area contributed by atoms with Crippen LogP contribution in [0.2, 0.25) is 0 Å². The summed E-state index contributed by atoms with van der Waals surface area (Å²) >= 11 is 0. The summed E-state index contributed by atoms with van der Waals surface area (Å²) in [4.78, 5) is 50.3. The first-order valence-corrected chi connectivity index (χ1v) is 12.6. The first-order chi connectivity index (χ1) is 17.0. The molecule has 4 aliphatic rings. The Morgan fingerprint density at radius 1 is 1.22 bits per heavy atom. The third-order valence-corrected chi connectivity index (χ3v) is 9.46. The van der Waals surface area contributed by atoms with Gasteiger partial charge in [-0.1, -0.05) is 25.5 Å². The van der Waals surface area contributed by atoms with Gasteiger partial charge in [0.25, 0.3) is 0 Å². The van der Waals surface area contributed by atoms with Crippen LogP contribution < -0.4 is 0 Å². The molecule has 0 aliphatic heterocycles. The molecule has 0 saturated heterocycles. The maximum Gasteiger partial charge on any atom is 0.375 e. The van der Waals surface area contributed by atoms with Crippen LogP contribution in [0.1, 0.15) is 63.4 Å². The summed E-state index contributed by atoms with van der Waals surface area (Å²) < 4.78 is 16.3. The lowest BCUT2D eigenvalue weighted by Gasteiger charge is -2.59. The number of carbonyl (C=O) groups is 4. The Labute approximate surface area is 209 Å². The molecule has 5 rings (SSSR count). The second-order valence-corrected chi connectivity index (χ2v) is 11.1. The highest BCUT2D eigenvalue weighted by Crippen LogP contribution is 2.68. The number of esters is 2. The molecule has 7 atom stereocenters. The van der Waals surface area contributed by atoms with Crippen LogP contribution in [0.25, 0.3) is 0 Å². The van der Waals surface area contributed by atoms with Crippen molar-refractivity contribution in [1.29, 1.82) is 0 Å². The number of fused-ring (bicyclic) bond motifs is 5. The predicted octanol–water partition coefficient (Wildman–Crippen LogP) is 3.59. The van der Waals surface area contributed by atoms with E-state index in [2.05, 4.69) is 6.92 Å². The van der Waals surface area contributed by atoms with Crippen molar-refractivity contribution < 1.29 is 38.2 Å². The SMILES string of the molecule is CC(=O)OCC(=O)[C@@]1(OC(=O)c2ccco2)CCC2C3CCC4=CC(=O)C=CC4(C)C3C(O)CC21C. The fourth-order valence-corrected chi connectivity index (χ4v) is 7.88. The molecule has 1 aromatic heterocycles. The number of aliphatic hydroxyl groups is 1. The Kier molecular flexibility index (Phi) is 5.86. The van der Waals surface area contributed by atoms with Gasteiger partial charge in [-0.25, -0.2) is 4.79 Å². The Morgan fingerprint density at radius 3 is 2.69 bits per heavy atom. The third-order valence-electron chi connectivity index (χ3n) is 9.46. The highest BCUT2D eigenvalue weighted by atomic mass is 16.6. The maximum atomic E-state index is 13.7. The number of Topliss-reactive ketones (excluding diaryl/α,β-unsaturated/α-hetero) is 1. The van der Waals surface area contributed by atoms with E-state index in [-0.39, 0.29) is 42.1 Å². The first-order valence-electron chi connectivity index (χ1n) is 12.6. The summed E-state index contributed by atoms with van der Waals surface area (Å²) in [6.45, 7) is 4.70. The van der Waals surface area contributed by atoms with Crippen molar-refractivity contribution in [3.05, 3.63) is 48.0 Å². The lowest BCUT2D eigenvalue weighted by Crippen LogP contribution is -2.63. The second-order valence-electron chi connectivity index (χ2n) is 11.1. The molecule has 3 fully saturated rings. The van der Waals surface area contributed by atoms with E-state index < -0.39 is 46.9 Å². The normalized spacial score (nSPS) is 38.9. The van der Waals surface area contributed by atoms with Gasteiger partial charge < -0.3 is 19.0 Å². The van der Waals surface area contributed by atoms with Gasteiger partial charge in [-0.3, -0.25) is 14.4 Å². The second kappa shape index (κ2) is 8.54. The van der Waals surface area contributed by atoms with Crippen molar-refractivity contribution in [3.8, 4) is 0 Å². The van der Waals surface area contributed by atoms with Crippen LogP contribution in [-0.4, -0.2) is 46.9 Å². The number of rotatable bonds is 5. The highest BCUT2D eigenvalue weighted by molar-refractivity contribution is 6.01. The van der Waals surface area contributed by atoms with Gasteiger partial charge in [0.15, 0.2) is 18.0 Å². The molecule has 1 N–H and O–H groups in total. The van der Waals surface area contributed by atoms with Crippen molar-refractivity contribution in [3.63, 3.8) is 0 Å². The zero-order chi connectivity index (χ0) is 25.9. The van der Waals surface area contributed by atoms with Gasteiger partial charge >= 0.3 is 11.9 Å². The van der Waals surface area contributed by atoms with E-state index in [9.17, 15) is 24.3 Å². The molecule has 1 aromatic rings. The third kappa shape index (κ3) is 3.52. The average Bonchev–Trinajstić information content (AvgIpc) is 3.45. The number of hydrogen-bond acceptors (Lipinski definition) is 8. The van der Waals surface area contributed by atoms with Crippen molar-refractivity contribution >= 4 is 23.5 Å². The van der Waals surface area contributed by atoms with Crippen molar-refractivity contribution in [2.24, 2.45) is 28.6 Å². The van der Waals surface area contributed by atoms with E-state index in [0.717, 1.165) is 18.4 Å². The van der Waals surface area contributed by atoms with Crippen LogP contribution in [0.15, 0.2) is 46.6 Å². The Morgan fingerprint density at radius 2 is 2.00 bits per heavy atom. The number of ether oxygens (including phenoxy) is 2. The van der Waals surface area contributed by atoms with Gasteiger partial charge in [0.1, 0.15) is 0 Å². The summed E-state index contributed by atoms with van der Waals surface area (Å²) in [5.74, 6) is -1.98. The van der Waals surface area contributed by atoms with E-state index in [0.29, 0.717) is 6.42 Å². The molecule has 4 aliphatic carbocycles. The fraction of sp³-hybridized carbons (Fsp3) is 0.571. The Bertz CT molecular complexity index is 1160. The summed E-state index contributed by atoms with van der Waals surface area (Å²) in [6, 6.07) is 3.04. The zero-order valence-electron chi connectivity index (χ0n) is 20.8. The van der Waals surface area contributed by atoms with Gasteiger partial charge in [0.05, 0.1) is 12.4 Å². The number of furan rings is 1. The maximum absolute atomic E-state index is 13.7. The molecule has 0 bridgehead atoms. The number of aliphatic hydroxyl groups excluding tert-OH is 1. The quantitative estimate of drug-likeness (QED) is 0.614. The molecule has 8 nitrogen and oxygen atoms in total. The molecular weight excluding hydrogens is 464 g/mol. The predicted molar refractivity (Wildman–Crippen MR) is 127 cm³/mol. The zero-order valence-corrected chi connectivity index (χ0v) is 20.8. The lowest BCUT2D eigenvalue weighted by atomic mass is 9.46. The van der Waals surface area contributed by atoms with Gasteiger partial charge in [0, 0.05) is 23.7 Å². The molecule has 192 valence electrons. The molecule has 0 aromatic carbocycles. The van der Waals surface area contributed by atoms with Crippen LogP contribution in [0.5, 0.6) is 0 Å². The Balaban J connectivity index is 1.53. The minimum Gasteiger partial charge on any atom is -0.458 e. The van der Waals surface area contributed by atoms with E-state index in [1.807, 2.05) is 13.0 Å². The van der Waals surface area contributed by atoms with Crippen LogP contribution in [0.3, 0.4) is 0 Å². The summed E-state index contributed by atoms with van der Waals surface area (Å²) in [5.41, 5.74) is -1.86. The number of ketones is 2. The number of allylic oxidation sites excluding steroid dienone is 4. The van der Waals surface area contributed by atoms with E-state index in [1.54, 1.807) is 18.2 Å². The van der Waals surface area contributed by atoms with Crippen LogP contribution >= 0.6 is 0 Å². The fourth-order valence-electron chi connectivity index (χ4n) is 7.88. The van der Waals surface area contributed by atoms with Gasteiger partial charge in [-0.05, 0) is 68.2 Å². The highest BCUT2D eigenvalue weighted by Gasteiger charge is 2.70. The summed E-state index contributed by atoms with van der Waals surface area (Å²) in [7, 11) is 0. The molecule has 3 saturated carbocycles. The molecular formula is C28H32O8. The van der Waals surface area contributed by atoms with Crippen molar-refractivity contribution in [2.75, 3.05) is 6.61 Å². The van der Waals surface area contributed by atoms with Crippen molar-refractivity contribution in [1.82, 2.24) is 0 Å². The molecule has 1 heterocycles. The van der Waals surface area contributed by atoms with Crippen molar-refractivity contribution in [2.45, 2.75) is 64.6 Å². The molecule has 0 radical (unpaired) electrons. The molecule has 0 amide bonds. The largest absolute Gasteiger partial charge is 0.458 e. The molecule has 8 heteroatoms.